The number of aromatic nitrogens is 1. The van der Waals surface area contributed by atoms with E-state index < -0.39 is 4.92 Å². The second-order valence-electron chi connectivity index (χ2n) is 4.64. The number of hydrogen-bond acceptors (Lipinski definition) is 5. The molecular formula is C12H20N4O2. The molecule has 6 heteroatoms. The van der Waals surface area contributed by atoms with Gasteiger partial charge in [0.1, 0.15) is 0 Å². The molecule has 1 heterocycles. The van der Waals surface area contributed by atoms with Gasteiger partial charge in [0, 0.05) is 31.4 Å². The van der Waals surface area contributed by atoms with Crippen molar-refractivity contribution in [3.05, 3.63) is 27.9 Å². The van der Waals surface area contributed by atoms with Gasteiger partial charge in [0.15, 0.2) is 0 Å². The molecule has 1 rings (SSSR count). The highest BCUT2D eigenvalue weighted by Crippen LogP contribution is 2.21. The van der Waals surface area contributed by atoms with Crippen LogP contribution >= 0.6 is 0 Å². The zero-order valence-corrected chi connectivity index (χ0v) is 11.3. The molecule has 0 unspecified atom stereocenters. The van der Waals surface area contributed by atoms with Crippen LogP contribution in [0.25, 0.3) is 0 Å². The molecule has 0 aliphatic carbocycles. The maximum absolute atomic E-state index is 10.9. The van der Waals surface area contributed by atoms with Gasteiger partial charge in [-0.2, -0.15) is 0 Å². The van der Waals surface area contributed by atoms with Gasteiger partial charge in [0.2, 0.25) is 5.82 Å². The van der Waals surface area contributed by atoms with E-state index in [-0.39, 0.29) is 5.69 Å². The first-order valence-corrected chi connectivity index (χ1v) is 5.97. The van der Waals surface area contributed by atoms with Crippen molar-refractivity contribution in [2.75, 3.05) is 25.5 Å². The average molecular weight is 252 g/mol. The molecule has 0 fully saturated rings. The number of nitrogens with one attached hydrogen (secondary N) is 1. The van der Waals surface area contributed by atoms with Gasteiger partial charge >= 0.3 is 5.69 Å². The standard InChI is InChI=1S/C12H20N4O2/c1-9(2)15(4)6-5-13-12-11(16(17)18)7-10(3)8-14-12/h7-9H,5-6H2,1-4H3,(H,13,14). The van der Waals surface area contributed by atoms with Crippen molar-refractivity contribution >= 4 is 11.5 Å². The highest BCUT2D eigenvalue weighted by atomic mass is 16.6. The van der Waals surface area contributed by atoms with Gasteiger partial charge in [-0.15, -0.1) is 0 Å². The summed E-state index contributed by atoms with van der Waals surface area (Å²) in [4.78, 5) is 16.7. The first-order chi connectivity index (χ1) is 8.41. The number of aryl methyl sites for hydroxylation is 1. The van der Waals surface area contributed by atoms with E-state index in [1.54, 1.807) is 13.1 Å². The molecule has 6 nitrogen and oxygen atoms in total. The highest BCUT2D eigenvalue weighted by molar-refractivity contribution is 5.56. The summed E-state index contributed by atoms with van der Waals surface area (Å²) in [5, 5.41) is 13.9. The average Bonchev–Trinajstić information content (AvgIpc) is 2.30. The van der Waals surface area contributed by atoms with E-state index in [1.807, 2.05) is 7.05 Å². The maximum atomic E-state index is 10.9. The van der Waals surface area contributed by atoms with Crippen LogP contribution in [0.2, 0.25) is 0 Å². The van der Waals surface area contributed by atoms with Crippen LogP contribution in [0.1, 0.15) is 19.4 Å². The number of anilines is 1. The van der Waals surface area contributed by atoms with Gasteiger partial charge in [-0.05, 0) is 33.4 Å². The minimum atomic E-state index is -0.408. The number of rotatable bonds is 6. The van der Waals surface area contributed by atoms with Crippen LogP contribution in [-0.4, -0.2) is 41.0 Å². The van der Waals surface area contributed by atoms with E-state index in [4.69, 9.17) is 0 Å². The van der Waals surface area contributed by atoms with Gasteiger partial charge in [-0.25, -0.2) is 4.98 Å². The Balaban J connectivity index is 2.65. The van der Waals surface area contributed by atoms with E-state index in [1.165, 1.54) is 6.07 Å². The van der Waals surface area contributed by atoms with Crippen molar-refractivity contribution in [2.45, 2.75) is 26.8 Å². The number of hydrogen-bond donors (Lipinski definition) is 1. The smallest absolute Gasteiger partial charge is 0.311 e. The molecule has 0 bridgehead atoms. The van der Waals surface area contributed by atoms with Crippen LogP contribution < -0.4 is 5.32 Å². The lowest BCUT2D eigenvalue weighted by Crippen LogP contribution is -2.31. The molecule has 100 valence electrons. The Bertz CT molecular complexity index is 421. The van der Waals surface area contributed by atoms with Crippen molar-refractivity contribution in [2.24, 2.45) is 0 Å². The minimum Gasteiger partial charge on any atom is -0.363 e. The second-order valence-corrected chi connectivity index (χ2v) is 4.64. The van der Waals surface area contributed by atoms with E-state index in [0.717, 1.165) is 12.1 Å². The largest absolute Gasteiger partial charge is 0.363 e. The molecule has 0 radical (unpaired) electrons. The molecule has 0 aliphatic rings. The van der Waals surface area contributed by atoms with Crippen LogP contribution in [-0.2, 0) is 0 Å². The molecular weight excluding hydrogens is 232 g/mol. The molecule has 0 spiro atoms. The number of likely N-dealkylation sites (N-methyl/N-ethyl adjacent to an activating group) is 1. The normalized spacial score (nSPS) is 11.0. The number of nitro groups is 1. The second kappa shape index (κ2) is 6.30. The van der Waals surface area contributed by atoms with Gasteiger partial charge in [-0.3, -0.25) is 10.1 Å². The lowest BCUT2D eigenvalue weighted by Gasteiger charge is -2.20. The Morgan fingerprint density at radius 1 is 1.56 bits per heavy atom. The molecule has 0 aromatic carbocycles. The Kier molecular flexibility index (Phi) is 5.03. The van der Waals surface area contributed by atoms with Gasteiger partial charge in [0.05, 0.1) is 4.92 Å². The van der Waals surface area contributed by atoms with Crippen LogP contribution in [0.5, 0.6) is 0 Å². The minimum absolute atomic E-state index is 0.0298. The third kappa shape index (κ3) is 3.96. The lowest BCUT2D eigenvalue weighted by molar-refractivity contribution is -0.384. The van der Waals surface area contributed by atoms with Crippen LogP contribution in [0.3, 0.4) is 0 Å². The summed E-state index contributed by atoms with van der Waals surface area (Å²) in [5.41, 5.74) is 0.814. The zero-order chi connectivity index (χ0) is 13.7. The first kappa shape index (κ1) is 14.4. The predicted octanol–water partition coefficient (Wildman–Crippen LogP) is 2.05. The first-order valence-electron chi connectivity index (χ1n) is 5.97. The SMILES string of the molecule is Cc1cnc(NCCN(C)C(C)C)c([N+](=O)[O-])c1. The summed E-state index contributed by atoms with van der Waals surface area (Å²) < 4.78 is 0. The third-order valence-corrected chi connectivity index (χ3v) is 2.84. The van der Waals surface area contributed by atoms with Gasteiger partial charge < -0.3 is 10.2 Å². The Morgan fingerprint density at radius 3 is 2.78 bits per heavy atom. The highest BCUT2D eigenvalue weighted by Gasteiger charge is 2.15. The Labute approximate surface area is 107 Å². The quantitative estimate of drug-likeness (QED) is 0.619. The van der Waals surface area contributed by atoms with Crippen molar-refractivity contribution in [1.82, 2.24) is 9.88 Å². The zero-order valence-electron chi connectivity index (χ0n) is 11.3. The molecule has 0 aliphatic heterocycles. The lowest BCUT2D eigenvalue weighted by atomic mass is 10.3. The van der Waals surface area contributed by atoms with E-state index in [2.05, 4.69) is 29.0 Å². The molecule has 1 aromatic rings. The maximum Gasteiger partial charge on any atom is 0.311 e. The van der Waals surface area contributed by atoms with Crippen LogP contribution in [0, 0.1) is 17.0 Å². The molecule has 0 saturated carbocycles. The topological polar surface area (TPSA) is 71.3 Å². The third-order valence-electron chi connectivity index (χ3n) is 2.84. The molecule has 1 aromatic heterocycles. The van der Waals surface area contributed by atoms with E-state index in [9.17, 15) is 10.1 Å². The van der Waals surface area contributed by atoms with E-state index >= 15 is 0 Å². The monoisotopic (exact) mass is 252 g/mol. The van der Waals surface area contributed by atoms with E-state index in [0.29, 0.717) is 18.4 Å². The fourth-order valence-corrected chi connectivity index (χ4v) is 1.44. The summed E-state index contributed by atoms with van der Waals surface area (Å²) in [6.45, 7) is 7.44. The number of pyridine rings is 1. The summed E-state index contributed by atoms with van der Waals surface area (Å²) >= 11 is 0. The number of nitrogens with zero attached hydrogens (tertiary/aromatic N) is 3. The van der Waals surface area contributed by atoms with Crippen molar-refractivity contribution < 1.29 is 4.92 Å². The molecule has 0 amide bonds. The molecule has 1 N–H and O–H groups in total. The fourth-order valence-electron chi connectivity index (χ4n) is 1.44. The van der Waals surface area contributed by atoms with Gasteiger partial charge in [-0.1, -0.05) is 0 Å². The summed E-state index contributed by atoms with van der Waals surface area (Å²) in [6.07, 6.45) is 1.63. The van der Waals surface area contributed by atoms with Crippen molar-refractivity contribution in [3.63, 3.8) is 0 Å². The summed E-state index contributed by atoms with van der Waals surface area (Å²) in [5.74, 6) is 0.336. The molecule has 0 atom stereocenters. The fraction of sp³-hybridized carbons (Fsp3) is 0.583. The predicted molar refractivity (Wildman–Crippen MR) is 71.9 cm³/mol. The van der Waals surface area contributed by atoms with Crippen molar-refractivity contribution in [1.29, 1.82) is 0 Å². The molecule has 18 heavy (non-hydrogen) atoms. The Hall–Kier alpha value is -1.69. The van der Waals surface area contributed by atoms with Crippen LogP contribution in [0.15, 0.2) is 12.3 Å². The molecule has 0 saturated heterocycles. The van der Waals surface area contributed by atoms with Gasteiger partial charge in [0.25, 0.3) is 0 Å². The Morgan fingerprint density at radius 2 is 2.22 bits per heavy atom. The van der Waals surface area contributed by atoms with Crippen molar-refractivity contribution in [3.8, 4) is 0 Å². The van der Waals surface area contributed by atoms with Crippen LogP contribution in [0.4, 0.5) is 11.5 Å². The summed E-state index contributed by atoms with van der Waals surface area (Å²) in [7, 11) is 2.02. The summed E-state index contributed by atoms with van der Waals surface area (Å²) in [6, 6.07) is 1.98.